The van der Waals surface area contributed by atoms with Crippen molar-refractivity contribution in [1.82, 2.24) is 10.2 Å². The van der Waals surface area contributed by atoms with Gasteiger partial charge in [-0.3, -0.25) is 14.4 Å². The first-order chi connectivity index (χ1) is 14.9. The molecule has 1 aliphatic heterocycles. The maximum atomic E-state index is 13.3. The average molecular weight is 431 g/mol. The van der Waals surface area contributed by atoms with Gasteiger partial charge in [0.05, 0.1) is 18.6 Å². The molecule has 1 N–H and O–H groups in total. The highest BCUT2D eigenvalue weighted by Gasteiger charge is 2.33. The van der Waals surface area contributed by atoms with E-state index in [1.807, 2.05) is 56.3 Å². The van der Waals surface area contributed by atoms with Crippen LogP contribution >= 0.6 is 0 Å². The van der Waals surface area contributed by atoms with Crippen molar-refractivity contribution in [1.29, 1.82) is 0 Å². The molecular formula is C24H34N2O5. The highest BCUT2D eigenvalue weighted by atomic mass is 16.5. The van der Waals surface area contributed by atoms with E-state index in [1.165, 1.54) is 0 Å². The number of likely N-dealkylation sites (N-methyl/N-ethyl adjacent to an activating group) is 1. The van der Waals surface area contributed by atoms with E-state index >= 15 is 0 Å². The van der Waals surface area contributed by atoms with E-state index < -0.39 is 12.0 Å². The van der Waals surface area contributed by atoms with Crippen LogP contribution in [0.15, 0.2) is 42.5 Å². The quantitative estimate of drug-likeness (QED) is 0.408. The highest BCUT2D eigenvalue weighted by Crippen LogP contribution is 2.27. The topological polar surface area (TPSA) is 84.9 Å². The smallest absolute Gasteiger partial charge is 0.306 e. The van der Waals surface area contributed by atoms with E-state index in [1.54, 1.807) is 11.9 Å². The van der Waals surface area contributed by atoms with Crippen LogP contribution in [0.4, 0.5) is 0 Å². The van der Waals surface area contributed by atoms with Gasteiger partial charge in [-0.25, -0.2) is 0 Å². The predicted molar refractivity (Wildman–Crippen MR) is 118 cm³/mol. The number of ether oxygens (including phenoxy) is 2. The van der Waals surface area contributed by atoms with Gasteiger partial charge >= 0.3 is 5.97 Å². The number of nitrogens with one attached hydrogen (secondary N) is 1. The minimum atomic E-state index is -0.577. The average Bonchev–Trinajstić information content (AvgIpc) is 2.78. The van der Waals surface area contributed by atoms with E-state index in [4.69, 9.17) is 9.47 Å². The molecule has 1 aliphatic rings. The van der Waals surface area contributed by atoms with Crippen LogP contribution in [0, 0.1) is 5.92 Å². The normalized spacial score (nSPS) is 22.9. The summed E-state index contributed by atoms with van der Waals surface area (Å²) in [6.45, 7) is 5.22. The third kappa shape index (κ3) is 7.83. The van der Waals surface area contributed by atoms with E-state index in [0.29, 0.717) is 32.6 Å². The summed E-state index contributed by atoms with van der Waals surface area (Å²) in [6.07, 6.45) is 4.52. The molecule has 7 heteroatoms. The largest absolute Gasteiger partial charge is 0.455 e. The molecule has 2 rings (SSSR count). The van der Waals surface area contributed by atoms with Crippen molar-refractivity contribution < 1.29 is 23.9 Å². The fourth-order valence-electron chi connectivity index (χ4n) is 3.53. The van der Waals surface area contributed by atoms with Crippen LogP contribution in [0.1, 0.15) is 51.2 Å². The molecule has 0 unspecified atom stereocenters. The maximum Gasteiger partial charge on any atom is 0.306 e. The number of carbonyl (C=O) groups excluding carboxylic acids is 3. The molecule has 0 saturated heterocycles. The number of rotatable bonds is 7. The van der Waals surface area contributed by atoms with Crippen LogP contribution in [0.25, 0.3) is 0 Å². The Morgan fingerprint density at radius 2 is 1.97 bits per heavy atom. The molecule has 2 amide bonds. The van der Waals surface area contributed by atoms with Gasteiger partial charge in [0, 0.05) is 33.0 Å². The summed E-state index contributed by atoms with van der Waals surface area (Å²) < 4.78 is 11.0. The van der Waals surface area contributed by atoms with E-state index in [2.05, 4.69) is 5.32 Å². The number of esters is 1. The zero-order valence-electron chi connectivity index (χ0n) is 18.7. The highest BCUT2D eigenvalue weighted by molar-refractivity contribution is 5.86. The van der Waals surface area contributed by atoms with Gasteiger partial charge in [0.25, 0.3) is 0 Å². The van der Waals surface area contributed by atoms with Gasteiger partial charge in [0.2, 0.25) is 11.8 Å². The molecule has 0 aliphatic carbocycles. The molecule has 1 heterocycles. The third-order valence-corrected chi connectivity index (χ3v) is 5.44. The fraction of sp³-hybridized carbons (Fsp3) is 0.542. The molecule has 170 valence electrons. The standard InChI is InChI=1S/C24H34N2O5/c1-4-30-16-15-25-21(27)17-20-13-9-6-10-14-22(28)31-23(18(2)26(3)24(20)29)19-11-7-5-8-12-19/h5-9,11-12,18,20,23H,4,10,13-17H2,1-3H3,(H,25,27)/t18-,20+,23+/m1/s1. The van der Waals surface area contributed by atoms with Crippen LogP contribution in [-0.2, 0) is 23.9 Å². The Labute approximate surface area is 184 Å². The summed E-state index contributed by atoms with van der Waals surface area (Å²) in [5, 5.41) is 2.81. The Bertz CT molecular complexity index is 750. The van der Waals surface area contributed by atoms with Gasteiger partial charge in [-0.2, -0.15) is 0 Å². The number of carbonyl (C=O) groups is 3. The summed E-state index contributed by atoms with van der Waals surface area (Å²) in [6, 6.07) is 9.05. The summed E-state index contributed by atoms with van der Waals surface area (Å²) in [5.41, 5.74) is 0.834. The zero-order valence-corrected chi connectivity index (χ0v) is 18.7. The van der Waals surface area contributed by atoms with Crippen molar-refractivity contribution in [2.24, 2.45) is 5.92 Å². The van der Waals surface area contributed by atoms with Crippen LogP contribution in [0.5, 0.6) is 0 Å². The van der Waals surface area contributed by atoms with Gasteiger partial charge in [0.15, 0.2) is 0 Å². The predicted octanol–water partition coefficient (Wildman–Crippen LogP) is 3.02. The Hall–Kier alpha value is -2.67. The third-order valence-electron chi connectivity index (χ3n) is 5.44. The van der Waals surface area contributed by atoms with Crippen molar-refractivity contribution in [2.75, 3.05) is 26.8 Å². The molecule has 0 fully saturated rings. The SMILES string of the molecule is CCOCCNC(=O)C[C@@H]1CC=CCCC(=O)O[C@H](c2ccccc2)[C@@H](C)N(C)C1=O. The minimum absolute atomic E-state index is 0.0994. The maximum absolute atomic E-state index is 13.3. The Balaban J connectivity index is 2.17. The van der Waals surface area contributed by atoms with E-state index in [-0.39, 0.29) is 36.7 Å². The molecule has 0 saturated carbocycles. The van der Waals surface area contributed by atoms with Crippen LogP contribution < -0.4 is 5.32 Å². The summed E-state index contributed by atoms with van der Waals surface area (Å²) >= 11 is 0. The first kappa shape index (κ1) is 24.6. The lowest BCUT2D eigenvalue weighted by Gasteiger charge is -2.34. The number of cyclic esters (lactones) is 1. The summed E-state index contributed by atoms with van der Waals surface area (Å²) in [5.74, 6) is -1.10. The molecule has 1 aromatic rings. The number of allylic oxidation sites excluding steroid dienone is 2. The molecule has 7 nitrogen and oxygen atoms in total. The lowest BCUT2D eigenvalue weighted by Crippen LogP contribution is -2.44. The van der Waals surface area contributed by atoms with Crippen molar-refractivity contribution in [2.45, 2.75) is 51.7 Å². The second kappa shape index (κ2) is 12.9. The lowest BCUT2D eigenvalue weighted by atomic mass is 9.95. The van der Waals surface area contributed by atoms with Crippen molar-refractivity contribution in [3.05, 3.63) is 48.0 Å². The molecule has 0 bridgehead atoms. The van der Waals surface area contributed by atoms with Crippen LogP contribution in [0.2, 0.25) is 0 Å². The van der Waals surface area contributed by atoms with Crippen molar-refractivity contribution >= 4 is 17.8 Å². The number of hydrogen-bond donors (Lipinski definition) is 1. The van der Waals surface area contributed by atoms with E-state index in [0.717, 1.165) is 5.56 Å². The van der Waals surface area contributed by atoms with Crippen molar-refractivity contribution in [3.8, 4) is 0 Å². The van der Waals surface area contributed by atoms with Gasteiger partial charge in [0.1, 0.15) is 6.10 Å². The first-order valence-corrected chi connectivity index (χ1v) is 10.9. The molecule has 1 aromatic carbocycles. The van der Waals surface area contributed by atoms with Crippen LogP contribution in [0.3, 0.4) is 0 Å². The fourth-order valence-corrected chi connectivity index (χ4v) is 3.53. The van der Waals surface area contributed by atoms with Gasteiger partial charge in [-0.1, -0.05) is 42.5 Å². The number of amides is 2. The number of hydrogen-bond acceptors (Lipinski definition) is 5. The second-order valence-corrected chi connectivity index (χ2v) is 7.70. The molecular weight excluding hydrogens is 396 g/mol. The molecule has 0 spiro atoms. The summed E-state index contributed by atoms with van der Waals surface area (Å²) in [4.78, 5) is 39.6. The first-order valence-electron chi connectivity index (χ1n) is 10.9. The Kier molecular flexibility index (Phi) is 10.2. The van der Waals surface area contributed by atoms with Gasteiger partial charge in [-0.05, 0) is 32.3 Å². The van der Waals surface area contributed by atoms with Gasteiger partial charge in [-0.15, -0.1) is 0 Å². The number of benzene rings is 1. The van der Waals surface area contributed by atoms with Crippen molar-refractivity contribution in [3.63, 3.8) is 0 Å². The number of nitrogens with zero attached hydrogens (tertiary/aromatic N) is 1. The van der Waals surface area contributed by atoms with Crippen LogP contribution in [-0.4, -0.2) is 55.5 Å². The lowest BCUT2D eigenvalue weighted by molar-refractivity contribution is -0.156. The van der Waals surface area contributed by atoms with E-state index in [9.17, 15) is 14.4 Å². The second-order valence-electron chi connectivity index (χ2n) is 7.70. The molecule has 0 aromatic heterocycles. The zero-order chi connectivity index (χ0) is 22.6. The molecule has 3 atom stereocenters. The van der Waals surface area contributed by atoms with Gasteiger partial charge < -0.3 is 19.7 Å². The molecule has 31 heavy (non-hydrogen) atoms. The molecule has 0 radical (unpaired) electrons. The monoisotopic (exact) mass is 430 g/mol. The Morgan fingerprint density at radius 3 is 2.68 bits per heavy atom. The Morgan fingerprint density at radius 1 is 1.23 bits per heavy atom. The summed E-state index contributed by atoms with van der Waals surface area (Å²) in [7, 11) is 1.70. The minimum Gasteiger partial charge on any atom is -0.455 e.